The molecule has 0 atom stereocenters. The number of nitrogens with two attached hydrogens (primary N) is 1. The molecule has 0 unspecified atom stereocenters. The molecule has 0 radical (unpaired) electrons. The van der Waals surface area contributed by atoms with E-state index in [-0.39, 0.29) is 4.75 Å². The average molecular weight is 248 g/mol. The minimum absolute atomic E-state index is 0.202. The zero-order chi connectivity index (χ0) is 12.5. The smallest absolute Gasteiger partial charge is 0.146 e. The average Bonchev–Trinajstić information content (AvgIpc) is 2.27. The number of nitrogens with zero attached hydrogens (tertiary/aromatic N) is 3. The second-order valence-electron chi connectivity index (χ2n) is 4.78. The topological polar surface area (TPSA) is 65.9 Å². The standard InChI is InChI=1S/C12H16N4S/c1-12(2)8-16(3-4-17-12)11-9(6-13)5-10(14)7-15-11/h5,7H,3-4,8,14H2,1-2H3. The highest BCUT2D eigenvalue weighted by Gasteiger charge is 2.28. The van der Waals surface area contributed by atoms with Crippen LogP contribution in [0.1, 0.15) is 19.4 Å². The predicted molar refractivity (Wildman–Crippen MR) is 72.1 cm³/mol. The van der Waals surface area contributed by atoms with Crippen molar-refractivity contribution in [1.82, 2.24) is 4.98 Å². The van der Waals surface area contributed by atoms with Crippen molar-refractivity contribution in [2.45, 2.75) is 18.6 Å². The lowest BCUT2D eigenvalue weighted by Crippen LogP contribution is -2.43. The SMILES string of the molecule is CC1(C)CN(c2ncc(N)cc2C#N)CCS1. The lowest BCUT2D eigenvalue weighted by Gasteiger charge is -2.38. The van der Waals surface area contributed by atoms with E-state index in [0.29, 0.717) is 11.3 Å². The van der Waals surface area contributed by atoms with Gasteiger partial charge in [0.05, 0.1) is 17.4 Å². The second kappa shape index (κ2) is 4.46. The van der Waals surface area contributed by atoms with Gasteiger partial charge in [-0.25, -0.2) is 4.98 Å². The van der Waals surface area contributed by atoms with E-state index >= 15 is 0 Å². The fraction of sp³-hybridized carbons (Fsp3) is 0.500. The molecule has 2 N–H and O–H groups in total. The highest BCUT2D eigenvalue weighted by atomic mass is 32.2. The van der Waals surface area contributed by atoms with Gasteiger partial charge in [-0.1, -0.05) is 0 Å². The van der Waals surface area contributed by atoms with E-state index in [2.05, 4.69) is 29.8 Å². The molecular formula is C12H16N4S. The first-order valence-corrected chi connectivity index (χ1v) is 6.55. The Kier molecular flexibility index (Phi) is 3.16. The third kappa shape index (κ3) is 2.64. The second-order valence-corrected chi connectivity index (χ2v) is 6.58. The number of pyridine rings is 1. The fourth-order valence-electron chi connectivity index (χ4n) is 2.01. The molecule has 1 fully saturated rings. The molecule has 90 valence electrons. The molecule has 0 bridgehead atoms. The number of hydrogen-bond acceptors (Lipinski definition) is 5. The molecule has 1 aromatic heterocycles. The van der Waals surface area contributed by atoms with Gasteiger partial charge in [0.25, 0.3) is 0 Å². The summed E-state index contributed by atoms with van der Waals surface area (Å²) in [6, 6.07) is 3.86. The molecule has 4 nitrogen and oxygen atoms in total. The van der Waals surface area contributed by atoms with E-state index < -0.39 is 0 Å². The van der Waals surface area contributed by atoms with Crippen LogP contribution in [0.5, 0.6) is 0 Å². The minimum Gasteiger partial charge on any atom is -0.397 e. The third-order valence-electron chi connectivity index (χ3n) is 2.73. The molecular weight excluding hydrogens is 232 g/mol. The number of nitriles is 1. The van der Waals surface area contributed by atoms with E-state index in [9.17, 15) is 0 Å². The van der Waals surface area contributed by atoms with Crippen LogP contribution in [-0.4, -0.2) is 28.6 Å². The number of anilines is 2. The van der Waals surface area contributed by atoms with Crippen LogP contribution in [0.4, 0.5) is 11.5 Å². The zero-order valence-electron chi connectivity index (χ0n) is 10.1. The molecule has 0 amide bonds. The summed E-state index contributed by atoms with van der Waals surface area (Å²) in [4.78, 5) is 6.48. The molecule has 0 spiro atoms. The molecule has 0 aromatic carbocycles. The Morgan fingerprint density at radius 1 is 1.59 bits per heavy atom. The van der Waals surface area contributed by atoms with Gasteiger partial charge in [-0.15, -0.1) is 0 Å². The Labute approximate surface area is 106 Å². The van der Waals surface area contributed by atoms with Crippen LogP contribution >= 0.6 is 11.8 Å². The lowest BCUT2D eigenvalue weighted by molar-refractivity contribution is 0.642. The fourth-order valence-corrected chi connectivity index (χ4v) is 3.12. The molecule has 1 aromatic rings. The number of rotatable bonds is 1. The molecule has 2 heterocycles. The van der Waals surface area contributed by atoms with Gasteiger partial charge in [0.2, 0.25) is 0 Å². The van der Waals surface area contributed by atoms with E-state index in [4.69, 9.17) is 11.0 Å². The summed E-state index contributed by atoms with van der Waals surface area (Å²) in [5.41, 5.74) is 6.75. The minimum atomic E-state index is 0.202. The summed E-state index contributed by atoms with van der Waals surface area (Å²) in [6.07, 6.45) is 1.62. The van der Waals surface area contributed by atoms with E-state index in [0.717, 1.165) is 24.7 Å². The Balaban J connectivity index is 2.31. The van der Waals surface area contributed by atoms with Crippen LogP contribution in [0, 0.1) is 11.3 Å². The Hall–Kier alpha value is -1.41. The molecule has 2 rings (SSSR count). The molecule has 17 heavy (non-hydrogen) atoms. The van der Waals surface area contributed by atoms with Gasteiger partial charge in [-0.2, -0.15) is 17.0 Å². The molecule has 5 heteroatoms. The van der Waals surface area contributed by atoms with Gasteiger partial charge in [-0.05, 0) is 19.9 Å². The highest BCUT2D eigenvalue weighted by molar-refractivity contribution is 8.00. The number of aromatic nitrogens is 1. The zero-order valence-corrected chi connectivity index (χ0v) is 10.9. The summed E-state index contributed by atoms with van der Waals surface area (Å²) in [5, 5.41) is 9.13. The van der Waals surface area contributed by atoms with Gasteiger partial charge >= 0.3 is 0 Å². The predicted octanol–water partition coefficient (Wildman–Crippen LogP) is 1.87. The lowest BCUT2D eigenvalue weighted by atomic mass is 10.1. The summed E-state index contributed by atoms with van der Waals surface area (Å²) >= 11 is 1.96. The maximum absolute atomic E-state index is 9.13. The number of hydrogen-bond donors (Lipinski definition) is 1. The third-order valence-corrected chi connectivity index (χ3v) is 4.03. The summed E-state index contributed by atoms with van der Waals surface area (Å²) in [7, 11) is 0. The van der Waals surface area contributed by atoms with Crippen molar-refractivity contribution in [2.24, 2.45) is 0 Å². The largest absolute Gasteiger partial charge is 0.397 e. The van der Waals surface area contributed by atoms with Gasteiger partial charge in [-0.3, -0.25) is 0 Å². The van der Waals surface area contributed by atoms with E-state index in [1.54, 1.807) is 12.3 Å². The van der Waals surface area contributed by atoms with Crippen molar-refractivity contribution in [3.63, 3.8) is 0 Å². The Bertz CT molecular complexity index is 464. The van der Waals surface area contributed by atoms with Crippen molar-refractivity contribution < 1.29 is 0 Å². The maximum Gasteiger partial charge on any atom is 0.146 e. The van der Waals surface area contributed by atoms with Crippen LogP contribution < -0.4 is 10.6 Å². The normalized spacial score (nSPS) is 18.8. The van der Waals surface area contributed by atoms with Crippen molar-refractivity contribution >= 4 is 23.3 Å². The van der Waals surface area contributed by atoms with Crippen molar-refractivity contribution in [3.8, 4) is 6.07 Å². The molecule has 1 saturated heterocycles. The summed E-state index contributed by atoms with van der Waals surface area (Å²) in [6.45, 7) is 6.27. The van der Waals surface area contributed by atoms with Crippen LogP contribution in [0.2, 0.25) is 0 Å². The van der Waals surface area contributed by atoms with Crippen molar-refractivity contribution in [3.05, 3.63) is 17.8 Å². The highest BCUT2D eigenvalue weighted by Crippen LogP contribution is 2.32. The maximum atomic E-state index is 9.13. The summed E-state index contributed by atoms with van der Waals surface area (Å²) in [5.74, 6) is 1.82. The van der Waals surface area contributed by atoms with Gasteiger partial charge in [0.1, 0.15) is 11.9 Å². The quantitative estimate of drug-likeness (QED) is 0.821. The Morgan fingerprint density at radius 2 is 2.35 bits per heavy atom. The monoisotopic (exact) mass is 248 g/mol. The van der Waals surface area contributed by atoms with Gasteiger partial charge < -0.3 is 10.6 Å². The number of nitrogen functional groups attached to an aromatic ring is 1. The van der Waals surface area contributed by atoms with Crippen molar-refractivity contribution in [1.29, 1.82) is 5.26 Å². The molecule has 1 aliphatic heterocycles. The van der Waals surface area contributed by atoms with Crippen LogP contribution in [0.15, 0.2) is 12.3 Å². The number of thioether (sulfide) groups is 1. The van der Waals surface area contributed by atoms with E-state index in [1.165, 1.54) is 0 Å². The Morgan fingerprint density at radius 3 is 3.00 bits per heavy atom. The molecule has 0 saturated carbocycles. The van der Waals surface area contributed by atoms with Gasteiger partial charge in [0, 0.05) is 23.6 Å². The first kappa shape index (κ1) is 12.1. The van der Waals surface area contributed by atoms with Crippen LogP contribution in [0.25, 0.3) is 0 Å². The molecule has 0 aliphatic carbocycles. The van der Waals surface area contributed by atoms with Crippen LogP contribution in [-0.2, 0) is 0 Å². The molecule has 1 aliphatic rings. The first-order chi connectivity index (χ1) is 8.02. The van der Waals surface area contributed by atoms with Crippen molar-refractivity contribution in [2.75, 3.05) is 29.5 Å². The van der Waals surface area contributed by atoms with Crippen LogP contribution in [0.3, 0.4) is 0 Å². The first-order valence-electron chi connectivity index (χ1n) is 5.56. The summed E-state index contributed by atoms with van der Waals surface area (Å²) < 4.78 is 0.202. The van der Waals surface area contributed by atoms with Gasteiger partial charge in [0.15, 0.2) is 0 Å². The van der Waals surface area contributed by atoms with E-state index in [1.807, 2.05) is 11.8 Å².